The fourth-order valence-corrected chi connectivity index (χ4v) is 2.81. The Morgan fingerprint density at radius 1 is 1.33 bits per heavy atom. The number of carbonyl (C=O) groups is 1. The highest BCUT2D eigenvalue weighted by atomic mass is 79.9. The quantitative estimate of drug-likeness (QED) is 0.880. The van der Waals surface area contributed by atoms with Gasteiger partial charge in [0, 0.05) is 11.1 Å². The smallest absolute Gasteiger partial charge is 0.249 e. The third kappa shape index (κ3) is 3.89. The Balaban J connectivity index is 2.12. The first-order valence-corrected chi connectivity index (χ1v) is 7.83. The fraction of sp³-hybridized carbons (Fsp3) is 0.533. The molecule has 0 saturated heterocycles. The zero-order valence-corrected chi connectivity index (χ0v) is 14.0. The molecule has 1 aliphatic heterocycles. The molecule has 0 spiro atoms. The van der Waals surface area contributed by atoms with Crippen LogP contribution in [0.5, 0.6) is 11.5 Å². The second-order valence-electron chi connectivity index (χ2n) is 4.85. The molecule has 1 heterocycles. The molecule has 1 aromatic carbocycles. The number of halogens is 1. The fourth-order valence-electron chi connectivity index (χ4n) is 2.15. The molecule has 0 saturated carbocycles. The molecular formula is C15H20BrNO4. The van der Waals surface area contributed by atoms with Gasteiger partial charge in [-0.2, -0.15) is 0 Å². The number of amides is 1. The van der Waals surface area contributed by atoms with E-state index in [4.69, 9.17) is 14.2 Å². The lowest BCUT2D eigenvalue weighted by Crippen LogP contribution is -2.36. The molecule has 0 bridgehead atoms. The minimum absolute atomic E-state index is 0.133. The molecule has 21 heavy (non-hydrogen) atoms. The maximum absolute atomic E-state index is 12.0. The molecule has 0 aromatic heterocycles. The number of ether oxygens (including phenoxy) is 3. The Morgan fingerprint density at radius 3 is 2.57 bits per heavy atom. The Labute approximate surface area is 133 Å². The van der Waals surface area contributed by atoms with Crippen molar-refractivity contribution in [2.45, 2.75) is 32.9 Å². The van der Waals surface area contributed by atoms with Gasteiger partial charge in [-0.1, -0.05) is 15.9 Å². The van der Waals surface area contributed by atoms with Gasteiger partial charge in [-0.3, -0.25) is 4.79 Å². The molecule has 5 nitrogen and oxygen atoms in total. The van der Waals surface area contributed by atoms with Crippen molar-refractivity contribution >= 4 is 21.8 Å². The molecule has 0 unspecified atom stereocenters. The zero-order valence-electron chi connectivity index (χ0n) is 12.4. The second kappa shape index (κ2) is 7.13. The van der Waals surface area contributed by atoms with Crippen molar-refractivity contribution in [1.82, 2.24) is 5.32 Å². The summed E-state index contributed by atoms with van der Waals surface area (Å²) in [6, 6.07) is 3.61. The number of hydrogen-bond donors (Lipinski definition) is 1. The Morgan fingerprint density at radius 2 is 1.95 bits per heavy atom. The molecular weight excluding hydrogens is 338 g/mol. The first kappa shape index (κ1) is 16.1. The van der Waals surface area contributed by atoms with Gasteiger partial charge < -0.3 is 19.5 Å². The predicted octanol–water partition coefficient (Wildman–Crippen LogP) is 2.82. The molecule has 2 rings (SSSR count). The van der Waals surface area contributed by atoms with Crippen LogP contribution in [-0.4, -0.2) is 31.8 Å². The van der Waals surface area contributed by atoms with Gasteiger partial charge in [-0.05, 0) is 38.5 Å². The van der Waals surface area contributed by atoms with Crippen LogP contribution >= 0.6 is 15.9 Å². The van der Waals surface area contributed by atoms with Crippen molar-refractivity contribution in [2.24, 2.45) is 0 Å². The van der Waals surface area contributed by atoms with Crippen molar-refractivity contribution in [3.8, 4) is 11.5 Å². The van der Waals surface area contributed by atoms with Crippen LogP contribution in [0.25, 0.3) is 0 Å². The normalized spacial score (nSPS) is 16.2. The van der Waals surface area contributed by atoms with Crippen LogP contribution in [0, 0.1) is 0 Å². The Kier molecular flexibility index (Phi) is 5.47. The van der Waals surface area contributed by atoms with E-state index in [0.29, 0.717) is 25.6 Å². The van der Waals surface area contributed by atoms with Crippen molar-refractivity contribution in [2.75, 3.05) is 19.8 Å². The summed E-state index contributed by atoms with van der Waals surface area (Å²) in [6.07, 6.45) is -0.464. The van der Waals surface area contributed by atoms with Crippen LogP contribution < -0.4 is 14.8 Å². The van der Waals surface area contributed by atoms with Gasteiger partial charge in [-0.15, -0.1) is 0 Å². The average molecular weight is 358 g/mol. The lowest BCUT2D eigenvalue weighted by Gasteiger charge is -2.23. The van der Waals surface area contributed by atoms with Gasteiger partial charge in [-0.25, -0.2) is 0 Å². The zero-order chi connectivity index (χ0) is 15.4. The molecule has 116 valence electrons. The summed E-state index contributed by atoms with van der Waals surface area (Å²) in [5, 5.41) is 2.94. The summed E-state index contributed by atoms with van der Waals surface area (Å²) < 4.78 is 17.3. The van der Waals surface area contributed by atoms with E-state index in [-0.39, 0.29) is 11.9 Å². The second-order valence-corrected chi connectivity index (χ2v) is 5.70. The van der Waals surface area contributed by atoms with E-state index < -0.39 is 6.10 Å². The van der Waals surface area contributed by atoms with Gasteiger partial charge in [0.1, 0.15) is 19.3 Å². The molecule has 1 N–H and O–H groups in total. The monoisotopic (exact) mass is 357 g/mol. The van der Waals surface area contributed by atoms with Crippen molar-refractivity contribution in [1.29, 1.82) is 0 Å². The van der Waals surface area contributed by atoms with E-state index in [1.165, 1.54) is 0 Å². The van der Waals surface area contributed by atoms with Crippen molar-refractivity contribution in [3.05, 3.63) is 22.2 Å². The van der Waals surface area contributed by atoms with Crippen LogP contribution in [0.4, 0.5) is 0 Å². The summed E-state index contributed by atoms with van der Waals surface area (Å²) in [7, 11) is 0. The largest absolute Gasteiger partial charge is 0.486 e. The number of rotatable bonds is 5. The number of benzene rings is 1. The molecule has 6 heteroatoms. The van der Waals surface area contributed by atoms with E-state index in [1.54, 1.807) is 6.92 Å². The maximum atomic E-state index is 12.0. The van der Waals surface area contributed by atoms with E-state index in [0.717, 1.165) is 15.8 Å². The van der Waals surface area contributed by atoms with Gasteiger partial charge in [0.15, 0.2) is 11.5 Å². The molecule has 0 radical (unpaired) electrons. The van der Waals surface area contributed by atoms with Crippen LogP contribution in [0.3, 0.4) is 0 Å². The highest BCUT2D eigenvalue weighted by Gasteiger charge is 2.21. The molecule has 0 aliphatic carbocycles. The predicted molar refractivity (Wildman–Crippen MR) is 82.8 cm³/mol. The number of hydrogen-bond acceptors (Lipinski definition) is 4. The van der Waals surface area contributed by atoms with Gasteiger partial charge in [0.05, 0.1) is 6.04 Å². The van der Waals surface area contributed by atoms with E-state index in [9.17, 15) is 4.79 Å². The van der Waals surface area contributed by atoms with Crippen LogP contribution in [0.2, 0.25) is 0 Å². The Bertz CT molecular complexity index is 521. The highest BCUT2D eigenvalue weighted by Crippen LogP contribution is 2.37. The van der Waals surface area contributed by atoms with Crippen molar-refractivity contribution in [3.63, 3.8) is 0 Å². The third-order valence-corrected chi connectivity index (χ3v) is 3.96. The van der Waals surface area contributed by atoms with Gasteiger partial charge in [0.25, 0.3) is 0 Å². The summed E-state index contributed by atoms with van der Waals surface area (Å²) in [5.41, 5.74) is 0.941. The third-order valence-electron chi connectivity index (χ3n) is 3.27. The molecule has 1 aromatic rings. The topological polar surface area (TPSA) is 56.8 Å². The highest BCUT2D eigenvalue weighted by molar-refractivity contribution is 9.10. The molecule has 1 aliphatic rings. The van der Waals surface area contributed by atoms with Crippen LogP contribution in [0.15, 0.2) is 16.6 Å². The standard InChI is InChI=1S/C15H20BrNO4/c1-4-19-10(3)15(18)17-9(2)11-7-13-14(8-12(11)16)21-6-5-20-13/h7-10H,4-6H2,1-3H3,(H,17,18)/t9-,10+/m0/s1. The minimum atomic E-state index is -0.464. The van der Waals surface area contributed by atoms with Gasteiger partial charge >= 0.3 is 0 Å². The van der Waals surface area contributed by atoms with Gasteiger partial charge in [0.2, 0.25) is 5.91 Å². The average Bonchev–Trinajstić information content (AvgIpc) is 2.46. The Hall–Kier alpha value is -1.27. The first-order chi connectivity index (χ1) is 10.0. The van der Waals surface area contributed by atoms with Crippen molar-refractivity contribution < 1.29 is 19.0 Å². The summed E-state index contributed by atoms with van der Waals surface area (Å²) >= 11 is 3.52. The summed E-state index contributed by atoms with van der Waals surface area (Å²) in [6.45, 7) is 7.13. The molecule has 2 atom stereocenters. The van der Waals surface area contributed by atoms with Crippen LogP contribution in [-0.2, 0) is 9.53 Å². The lowest BCUT2D eigenvalue weighted by molar-refractivity contribution is -0.132. The number of carbonyl (C=O) groups excluding carboxylic acids is 1. The summed E-state index contributed by atoms with van der Waals surface area (Å²) in [4.78, 5) is 12.0. The van der Waals surface area contributed by atoms with E-state index in [2.05, 4.69) is 21.2 Å². The number of fused-ring (bicyclic) bond motifs is 1. The SMILES string of the molecule is CCO[C@H](C)C(=O)N[C@@H](C)c1cc2c(cc1Br)OCCO2. The molecule has 1 amide bonds. The number of nitrogens with one attached hydrogen (secondary N) is 1. The van der Waals surface area contributed by atoms with E-state index in [1.807, 2.05) is 26.0 Å². The summed E-state index contributed by atoms with van der Waals surface area (Å²) in [5.74, 6) is 1.29. The van der Waals surface area contributed by atoms with Crippen LogP contribution in [0.1, 0.15) is 32.4 Å². The first-order valence-electron chi connectivity index (χ1n) is 7.04. The lowest BCUT2D eigenvalue weighted by atomic mass is 10.1. The molecule has 0 fully saturated rings. The van der Waals surface area contributed by atoms with E-state index >= 15 is 0 Å². The maximum Gasteiger partial charge on any atom is 0.249 e. The minimum Gasteiger partial charge on any atom is -0.486 e.